The summed E-state index contributed by atoms with van der Waals surface area (Å²) in [4.78, 5) is 0. The maximum Gasteiger partial charge on any atom is 0.137 e. The molecular weight excluding hydrogens is 220 g/mol. The first-order valence-corrected chi connectivity index (χ1v) is 7.49. The molecule has 1 unspecified atom stereocenters. The Morgan fingerprint density at radius 3 is 2.38 bits per heavy atom. The molecule has 0 amide bonds. The van der Waals surface area contributed by atoms with Crippen LogP contribution in [0.1, 0.15) is 13.8 Å². The van der Waals surface area contributed by atoms with Crippen molar-refractivity contribution in [2.75, 3.05) is 23.9 Å². The van der Waals surface area contributed by atoms with Crippen molar-refractivity contribution in [2.24, 2.45) is 0 Å². The molecule has 3 heteroatoms. The van der Waals surface area contributed by atoms with E-state index in [1.54, 1.807) is 0 Å². The summed E-state index contributed by atoms with van der Waals surface area (Å²) in [5, 5.41) is 9.83. The minimum Gasteiger partial charge on any atom is -0.491 e. The lowest BCUT2D eigenvalue weighted by atomic mass is 10.3. The van der Waals surface area contributed by atoms with Crippen LogP contribution in [-0.4, -0.2) is 35.1 Å². The number of ether oxygens (including phenoxy) is 1. The number of aliphatic hydroxyl groups is 1. The van der Waals surface area contributed by atoms with Crippen LogP contribution in [0.4, 0.5) is 0 Å². The van der Waals surface area contributed by atoms with Gasteiger partial charge in [-0.1, -0.05) is 18.2 Å². The van der Waals surface area contributed by atoms with Crippen molar-refractivity contribution in [1.82, 2.24) is 0 Å². The minimum atomic E-state index is -0.344. The molecule has 0 bridgehead atoms. The smallest absolute Gasteiger partial charge is 0.137 e. The van der Waals surface area contributed by atoms with Crippen LogP contribution in [0.15, 0.2) is 30.3 Å². The van der Waals surface area contributed by atoms with Crippen LogP contribution in [0.3, 0.4) is 0 Å². The van der Waals surface area contributed by atoms with Gasteiger partial charge in [-0.05, 0) is 36.9 Å². The zero-order valence-corrected chi connectivity index (χ0v) is 10.9. The van der Waals surface area contributed by atoms with Gasteiger partial charge in [0.25, 0.3) is 0 Å². The molecule has 0 aromatic heterocycles. The average molecular weight is 241 g/mol. The average Bonchev–Trinajstić information content (AvgIpc) is 2.34. The van der Waals surface area contributed by atoms with Crippen LogP contribution in [0.25, 0.3) is 0 Å². The molecule has 16 heavy (non-hydrogen) atoms. The molecule has 0 fully saturated rings. The number of hydrogen-bond acceptors (Lipinski definition) is 2. The van der Waals surface area contributed by atoms with Gasteiger partial charge in [0.15, 0.2) is 0 Å². The molecule has 0 aliphatic carbocycles. The molecule has 0 heterocycles. The van der Waals surface area contributed by atoms with Crippen LogP contribution in [0.5, 0.6) is 5.75 Å². The van der Waals surface area contributed by atoms with Gasteiger partial charge in [0.1, 0.15) is 35.7 Å². The third kappa shape index (κ3) is 4.90. The summed E-state index contributed by atoms with van der Waals surface area (Å²) in [7, 11) is 0.344. The van der Waals surface area contributed by atoms with Gasteiger partial charge < -0.3 is 9.84 Å². The highest BCUT2D eigenvalue weighted by molar-refractivity contribution is 7.96. The van der Waals surface area contributed by atoms with Crippen molar-refractivity contribution in [3.8, 4) is 5.75 Å². The molecule has 2 nitrogen and oxygen atoms in total. The molecule has 1 aromatic rings. The predicted molar refractivity (Wildman–Crippen MR) is 71.3 cm³/mol. The maximum absolute atomic E-state index is 9.83. The monoisotopic (exact) mass is 241 g/mol. The van der Waals surface area contributed by atoms with Gasteiger partial charge >= 0.3 is 0 Å². The molecule has 1 aromatic carbocycles. The first kappa shape index (κ1) is 13.4. The van der Waals surface area contributed by atoms with E-state index in [0.29, 0.717) is 17.5 Å². The highest BCUT2D eigenvalue weighted by Gasteiger charge is 2.19. The molecular formula is C13H21O2S+. The molecule has 0 radical (unpaired) electrons. The Balaban J connectivity index is 2.27. The lowest BCUT2D eigenvalue weighted by Crippen LogP contribution is -2.29. The van der Waals surface area contributed by atoms with Crippen LogP contribution in [0, 0.1) is 0 Å². The molecule has 1 rings (SSSR count). The van der Waals surface area contributed by atoms with E-state index in [4.69, 9.17) is 4.74 Å². The van der Waals surface area contributed by atoms with Crippen molar-refractivity contribution in [2.45, 2.75) is 20.0 Å². The van der Waals surface area contributed by atoms with Crippen molar-refractivity contribution in [3.05, 3.63) is 30.3 Å². The summed E-state index contributed by atoms with van der Waals surface area (Å²) in [6.07, 6.45) is -0.344. The number of hydrogen-bond donors (Lipinski definition) is 1. The van der Waals surface area contributed by atoms with E-state index < -0.39 is 0 Å². The Morgan fingerprint density at radius 1 is 1.19 bits per heavy atom. The molecule has 0 spiro atoms. The van der Waals surface area contributed by atoms with Gasteiger partial charge in [0.2, 0.25) is 0 Å². The molecule has 90 valence electrons. The second-order valence-electron chi connectivity index (χ2n) is 3.63. The lowest BCUT2D eigenvalue weighted by Gasteiger charge is -2.12. The standard InChI is InChI=1S/C13H21O2S/c1-3-16(4-2)11-12(14)10-15-13-8-6-5-7-9-13/h5-9,12,14H,3-4,10-11H2,1-2H3/q+1. The SMILES string of the molecule is CC[S+](CC)CC(O)COc1ccccc1. The Hall–Kier alpha value is -0.670. The van der Waals surface area contributed by atoms with Gasteiger partial charge in [-0.15, -0.1) is 0 Å². The van der Waals surface area contributed by atoms with E-state index >= 15 is 0 Å². The van der Waals surface area contributed by atoms with E-state index in [1.807, 2.05) is 30.3 Å². The van der Waals surface area contributed by atoms with Gasteiger partial charge in [0.05, 0.1) is 0 Å². The summed E-state index contributed by atoms with van der Waals surface area (Å²) < 4.78 is 5.51. The predicted octanol–water partition coefficient (Wildman–Crippen LogP) is 2.08. The van der Waals surface area contributed by atoms with Gasteiger partial charge in [-0.3, -0.25) is 0 Å². The van der Waals surface area contributed by atoms with Gasteiger partial charge in [-0.25, -0.2) is 0 Å². The lowest BCUT2D eigenvalue weighted by molar-refractivity contribution is 0.126. The summed E-state index contributed by atoms with van der Waals surface area (Å²) in [5.74, 6) is 3.99. The van der Waals surface area contributed by atoms with E-state index in [2.05, 4.69) is 13.8 Å². The number of benzene rings is 1. The maximum atomic E-state index is 9.83. The number of aliphatic hydroxyl groups excluding tert-OH is 1. The molecule has 1 atom stereocenters. The summed E-state index contributed by atoms with van der Waals surface area (Å²) in [5.41, 5.74) is 0. The van der Waals surface area contributed by atoms with Crippen molar-refractivity contribution < 1.29 is 9.84 Å². The number of rotatable bonds is 7. The fourth-order valence-electron chi connectivity index (χ4n) is 1.47. The molecule has 1 N–H and O–H groups in total. The van der Waals surface area contributed by atoms with E-state index in [9.17, 15) is 5.11 Å². The molecule has 0 aliphatic heterocycles. The van der Waals surface area contributed by atoms with Crippen LogP contribution < -0.4 is 4.74 Å². The molecule has 0 aliphatic rings. The first-order valence-electron chi connectivity index (χ1n) is 5.76. The third-order valence-corrected chi connectivity index (χ3v) is 4.92. The molecule has 0 saturated carbocycles. The van der Waals surface area contributed by atoms with Crippen LogP contribution in [0.2, 0.25) is 0 Å². The van der Waals surface area contributed by atoms with E-state index in [1.165, 1.54) is 0 Å². The second kappa shape index (κ2) is 7.58. The number of para-hydroxylation sites is 1. The van der Waals surface area contributed by atoms with E-state index in [-0.39, 0.29) is 6.10 Å². The van der Waals surface area contributed by atoms with Crippen molar-refractivity contribution >= 4 is 10.9 Å². The fourth-order valence-corrected chi connectivity index (χ4v) is 2.99. The van der Waals surface area contributed by atoms with Gasteiger partial charge in [0, 0.05) is 0 Å². The van der Waals surface area contributed by atoms with Gasteiger partial charge in [-0.2, -0.15) is 0 Å². The normalized spacial score (nSPS) is 12.8. The zero-order chi connectivity index (χ0) is 11.8. The van der Waals surface area contributed by atoms with Crippen LogP contribution in [-0.2, 0) is 10.9 Å². The minimum absolute atomic E-state index is 0.344. The first-order chi connectivity index (χ1) is 7.76. The Labute approximate surface area is 101 Å². The summed E-state index contributed by atoms with van der Waals surface area (Å²) in [6, 6.07) is 9.64. The Morgan fingerprint density at radius 2 is 1.81 bits per heavy atom. The van der Waals surface area contributed by atoms with Crippen molar-refractivity contribution in [1.29, 1.82) is 0 Å². The fraction of sp³-hybridized carbons (Fsp3) is 0.538. The van der Waals surface area contributed by atoms with Crippen molar-refractivity contribution in [3.63, 3.8) is 0 Å². The quantitative estimate of drug-likeness (QED) is 0.741. The van der Waals surface area contributed by atoms with Crippen LogP contribution >= 0.6 is 0 Å². The zero-order valence-electron chi connectivity index (χ0n) is 10.1. The third-order valence-electron chi connectivity index (χ3n) is 2.43. The summed E-state index contributed by atoms with van der Waals surface area (Å²) in [6.45, 7) is 4.75. The van der Waals surface area contributed by atoms with E-state index in [0.717, 1.165) is 23.0 Å². The summed E-state index contributed by atoms with van der Waals surface area (Å²) >= 11 is 0. The Kier molecular flexibility index (Phi) is 6.34. The largest absolute Gasteiger partial charge is 0.491 e. The molecule has 0 saturated heterocycles. The second-order valence-corrected chi connectivity index (χ2v) is 6.35. The topological polar surface area (TPSA) is 29.5 Å². The highest BCUT2D eigenvalue weighted by Crippen LogP contribution is 2.09. The Bertz CT molecular complexity index is 273. The highest BCUT2D eigenvalue weighted by atomic mass is 32.2.